The summed E-state index contributed by atoms with van der Waals surface area (Å²) in [4.78, 5) is 18.3. The predicted molar refractivity (Wildman–Crippen MR) is 98.9 cm³/mol. The summed E-state index contributed by atoms with van der Waals surface area (Å²) >= 11 is 0. The molecule has 138 valence electrons. The average molecular weight is 347 g/mol. The summed E-state index contributed by atoms with van der Waals surface area (Å²) in [6, 6.07) is 8.15. The number of methoxy groups -OCH3 is 2. The van der Waals surface area contributed by atoms with Crippen LogP contribution in [0, 0.1) is 11.8 Å². The molecular formula is C19H29N3O3. The molecule has 0 spiro atoms. The minimum absolute atomic E-state index is 0.0830. The average Bonchev–Trinajstić information content (AvgIpc) is 3.02. The van der Waals surface area contributed by atoms with Crippen molar-refractivity contribution in [3.05, 3.63) is 29.8 Å². The highest BCUT2D eigenvalue weighted by molar-refractivity contribution is 5.82. The number of esters is 1. The van der Waals surface area contributed by atoms with Crippen molar-refractivity contribution in [2.45, 2.75) is 19.8 Å². The van der Waals surface area contributed by atoms with Crippen LogP contribution in [0.3, 0.4) is 0 Å². The maximum absolute atomic E-state index is 11.8. The molecule has 1 N–H and O–H groups in total. The van der Waals surface area contributed by atoms with Crippen molar-refractivity contribution < 1.29 is 14.3 Å². The molecule has 0 aromatic heterocycles. The van der Waals surface area contributed by atoms with Gasteiger partial charge < -0.3 is 19.7 Å². The van der Waals surface area contributed by atoms with Gasteiger partial charge in [-0.3, -0.25) is 9.79 Å². The zero-order valence-electron chi connectivity index (χ0n) is 15.6. The van der Waals surface area contributed by atoms with Crippen molar-refractivity contribution in [3.8, 4) is 5.75 Å². The summed E-state index contributed by atoms with van der Waals surface area (Å²) in [5.41, 5.74) is 1.26. The van der Waals surface area contributed by atoms with Crippen LogP contribution in [0.2, 0.25) is 0 Å². The SMILES string of the molecule is CN=C(NCCCc1cccc(OC)c1)N1CC(C)C(C(=O)OC)C1. The molecule has 25 heavy (non-hydrogen) atoms. The first-order chi connectivity index (χ1) is 12.1. The summed E-state index contributed by atoms with van der Waals surface area (Å²) in [7, 11) is 4.91. The van der Waals surface area contributed by atoms with Gasteiger partial charge in [-0.2, -0.15) is 0 Å². The molecule has 6 heteroatoms. The quantitative estimate of drug-likeness (QED) is 0.369. The van der Waals surface area contributed by atoms with Crippen LogP contribution in [0.4, 0.5) is 0 Å². The van der Waals surface area contributed by atoms with Gasteiger partial charge in [-0.25, -0.2) is 0 Å². The van der Waals surface area contributed by atoms with Gasteiger partial charge in [0, 0.05) is 26.7 Å². The molecule has 0 amide bonds. The van der Waals surface area contributed by atoms with Crippen LogP contribution in [-0.2, 0) is 16.0 Å². The second-order valence-corrected chi connectivity index (χ2v) is 6.44. The molecule has 1 aromatic carbocycles. The monoisotopic (exact) mass is 347 g/mol. The molecule has 0 saturated carbocycles. The Hall–Kier alpha value is -2.24. The van der Waals surface area contributed by atoms with E-state index in [1.807, 2.05) is 12.1 Å². The number of ether oxygens (including phenoxy) is 2. The maximum atomic E-state index is 11.8. The number of aliphatic imine (C=N–C) groups is 1. The van der Waals surface area contributed by atoms with Crippen molar-refractivity contribution in [2.75, 3.05) is 40.9 Å². The Morgan fingerprint density at radius 3 is 2.84 bits per heavy atom. The molecule has 2 unspecified atom stereocenters. The largest absolute Gasteiger partial charge is 0.497 e. The lowest BCUT2D eigenvalue weighted by atomic mass is 9.99. The van der Waals surface area contributed by atoms with E-state index in [9.17, 15) is 4.79 Å². The van der Waals surface area contributed by atoms with Crippen LogP contribution in [0.15, 0.2) is 29.3 Å². The van der Waals surface area contributed by atoms with E-state index in [1.54, 1.807) is 14.2 Å². The second kappa shape index (κ2) is 9.30. The van der Waals surface area contributed by atoms with Crippen LogP contribution in [0.1, 0.15) is 18.9 Å². The normalized spacial score (nSPS) is 20.5. The van der Waals surface area contributed by atoms with Gasteiger partial charge in [0.25, 0.3) is 0 Å². The van der Waals surface area contributed by atoms with E-state index in [4.69, 9.17) is 9.47 Å². The highest BCUT2D eigenvalue weighted by atomic mass is 16.5. The number of benzene rings is 1. The zero-order chi connectivity index (χ0) is 18.2. The minimum Gasteiger partial charge on any atom is -0.497 e. The minimum atomic E-state index is -0.136. The number of hydrogen-bond donors (Lipinski definition) is 1. The first kappa shape index (κ1) is 19.1. The maximum Gasteiger partial charge on any atom is 0.310 e. The van der Waals surface area contributed by atoms with Gasteiger partial charge in [-0.1, -0.05) is 19.1 Å². The number of nitrogens with one attached hydrogen (secondary N) is 1. The molecular weight excluding hydrogens is 318 g/mol. The van der Waals surface area contributed by atoms with Crippen LogP contribution < -0.4 is 10.1 Å². The fraction of sp³-hybridized carbons (Fsp3) is 0.579. The fourth-order valence-corrected chi connectivity index (χ4v) is 3.25. The highest BCUT2D eigenvalue weighted by Gasteiger charge is 2.36. The first-order valence-corrected chi connectivity index (χ1v) is 8.75. The number of rotatable bonds is 6. The Bertz CT molecular complexity index is 603. The van der Waals surface area contributed by atoms with Gasteiger partial charge in [-0.05, 0) is 36.5 Å². The molecule has 1 heterocycles. The Balaban J connectivity index is 1.80. The highest BCUT2D eigenvalue weighted by Crippen LogP contribution is 2.24. The number of carbonyl (C=O) groups is 1. The topological polar surface area (TPSA) is 63.2 Å². The summed E-state index contributed by atoms with van der Waals surface area (Å²) < 4.78 is 10.2. The van der Waals surface area contributed by atoms with Crippen molar-refractivity contribution in [2.24, 2.45) is 16.8 Å². The van der Waals surface area contributed by atoms with E-state index in [1.165, 1.54) is 12.7 Å². The number of carbonyl (C=O) groups excluding carboxylic acids is 1. The van der Waals surface area contributed by atoms with Crippen molar-refractivity contribution in [3.63, 3.8) is 0 Å². The zero-order valence-corrected chi connectivity index (χ0v) is 15.6. The number of hydrogen-bond acceptors (Lipinski definition) is 4. The van der Waals surface area contributed by atoms with E-state index in [2.05, 4.69) is 34.3 Å². The number of nitrogens with zero attached hydrogens (tertiary/aromatic N) is 2. The lowest BCUT2D eigenvalue weighted by molar-refractivity contribution is -0.145. The summed E-state index contributed by atoms with van der Waals surface area (Å²) in [5, 5.41) is 3.40. The lowest BCUT2D eigenvalue weighted by Crippen LogP contribution is -2.41. The lowest BCUT2D eigenvalue weighted by Gasteiger charge is -2.21. The molecule has 0 aliphatic carbocycles. The number of aryl methyl sites for hydroxylation is 1. The third-order valence-corrected chi connectivity index (χ3v) is 4.69. The third-order valence-electron chi connectivity index (χ3n) is 4.69. The fourth-order valence-electron chi connectivity index (χ4n) is 3.25. The first-order valence-electron chi connectivity index (χ1n) is 8.75. The van der Waals surface area contributed by atoms with Gasteiger partial charge in [0.05, 0.1) is 20.1 Å². The summed E-state index contributed by atoms with van der Waals surface area (Å²) in [6.07, 6.45) is 1.97. The Morgan fingerprint density at radius 2 is 2.16 bits per heavy atom. The molecule has 2 rings (SSSR count). The predicted octanol–water partition coefficient (Wildman–Crippen LogP) is 1.94. The van der Waals surface area contributed by atoms with Gasteiger partial charge in [-0.15, -0.1) is 0 Å². The van der Waals surface area contributed by atoms with Crippen LogP contribution >= 0.6 is 0 Å². The Morgan fingerprint density at radius 1 is 1.36 bits per heavy atom. The van der Waals surface area contributed by atoms with Crippen molar-refractivity contribution >= 4 is 11.9 Å². The van der Waals surface area contributed by atoms with Crippen molar-refractivity contribution in [1.29, 1.82) is 0 Å². The molecule has 6 nitrogen and oxygen atoms in total. The van der Waals surface area contributed by atoms with Gasteiger partial charge in [0.2, 0.25) is 0 Å². The van der Waals surface area contributed by atoms with Crippen molar-refractivity contribution in [1.82, 2.24) is 10.2 Å². The van der Waals surface area contributed by atoms with Crippen LogP contribution in [-0.4, -0.2) is 57.7 Å². The molecule has 1 saturated heterocycles. The molecule has 1 fully saturated rings. The number of likely N-dealkylation sites (tertiary alicyclic amines) is 1. The van der Waals surface area contributed by atoms with Gasteiger partial charge in [0.1, 0.15) is 5.75 Å². The molecule has 1 aromatic rings. The molecule has 1 aliphatic heterocycles. The standard InChI is InChI=1S/C19H29N3O3/c1-14-12-22(13-17(14)18(23)25-4)19(20-2)21-10-6-8-15-7-5-9-16(11-15)24-3/h5,7,9,11,14,17H,6,8,10,12-13H2,1-4H3,(H,20,21). The van der Waals surface area contributed by atoms with Crippen LogP contribution in [0.5, 0.6) is 5.75 Å². The Kier molecular flexibility index (Phi) is 7.10. The van der Waals surface area contributed by atoms with E-state index in [0.29, 0.717) is 6.54 Å². The molecule has 1 aliphatic rings. The van der Waals surface area contributed by atoms with Gasteiger partial charge >= 0.3 is 5.97 Å². The smallest absolute Gasteiger partial charge is 0.310 e. The molecule has 2 atom stereocenters. The van der Waals surface area contributed by atoms with Crippen LogP contribution in [0.25, 0.3) is 0 Å². The second-order valence-electron chi connectivity index (χ2n) is 6.44. The third kappa shape index (κ3) is 5.11. The summed E-state index contributed by atoms with van der Waals surface area (Å²) in [5.74, 6) is 1.79. The van der Waals surface area contributed by atoms with E-state index in [0.717, 1.165) is 37.6 Å². The van der Waals surface area contributed by atoms with Gasteiger partial charge in [0.15, 0.2) is 5.96 Å². The summed E-state index contributed by atoms with van der Waals surface area (Å²) in [6.45, 7) is 4.38. The van der Waals surface area contributed by atoms with E-state index in [-0.39, 0.29) is 17.8 Å². The molecule has 0 radical (unpaired) electrons. The molecule has 0 bridgehead atoms. The van der Waals surface area contributed by atoms with E-state index < -0.39 is 0 Å². The Labute approximate surface area is 150 Å². The van der Waals surface area contributed by atoms with E-state index >= 15 is 0 Å². The number of guanidine groups is 1.